The maximum absolute atomic E-state index is 14.4. The van der Waals surface area contributed by atoms with E-state index in [0.29, 0.717) is 25.0 Å². The summed E-state index contributed by atoms with van der Waals surface area (Å²) < 4.78 is 61.2. The van der Waals surface area contributed by atoms with Gasteiger partial charge in [-0.2, -0.15) is 8.78 Å². The van der Waals surface area contributed by atoms with Gasteiger partial charge < -0.3 is 43.5 Å². The van der Waals surface area contributed by atoms with E-state index in [2.05, 4.69) is 4.84 Å². The van der Waals surface area contributed by atoms with E-state index < -0.39 is 84.6 Å². The number of aliphatic hydroxyl groups excluding tert-OH is 2. The van der Waals surface area contributed by atoms with Crippen LogP contribution in [-0.4, -0.2) is 109 Å². The molecule has 2 heterocycles. The molecular formula is C32H41F2NO13. The molecule has 266 valence electrons. The van der Waals surface area contributed by atoms with Gasteiger partial charge in [0.1, 0.15) is 31.2 Å². The van der Waals surface area contributed by atoms with Gasteiger partial charge in [-0.05, 0) is 43.4 Å². The van der Waals surface area contributed by atoms with Gasteiger partial charge in [-0.3, -0.25) is 4.79 Å². The summed E-state index contributed by atoms with van der Waals surface area (Å²) in [5, 5.41) is 30.0. The number of alkyl halides is 2. The van der Waals surface area contributed by atoms with Crippen molar-refractivity contribution in [1.29, 1.82) is 0 Å². The highest BCUT2D eigenvalue weighted by molar-refractivity contribution is 5.71. The molecule has 16 heteroatoms. The molecule has 14 nitrogen and oxygen atoms in total. The standard InChI is InChI=1S/C32H41F2NO13/c33-32(34,20-45-21-8-4-3-5-9-21)13-12-23-22(24(36)16-25(23)37)10-6-1-2-7-11-28(38)47-26-17-43-31-27(18-44-30(26)31)48-29(39)19-42-14-15-46-35(40)41/h1,3-6,8-9,12-13,22-27,30-31,36-37H,2,7,10-11,14-20H2/b6-1-,13-12+/t22-,23-,24+,25-,26-,27-,30-,31-/m1/s1. The van der Waals surface area contributed by atoms with Crippen molar-refractivity contribution in [1.82, 2.24) is 0 Å². The van der Waals surface area contributed by atoms with Crippen molar-refractivity contribution in [3.05, 3.63) is 64.8 Å². The molecule has 1 saturated carbocycles. The van der Waals surface area contributed by atoms with E-state index >= 15 is 0 Å². The molecule has 1 aliphatic carbocycles. The predicted octanol–water partition coefficient (Wildman–Crippen LogP) is 2.58. The molecule has 1 aromatic carbocycles. The van der Waals surface area contributed by atoms with Gasteiger partial charge in [-0.15, -0.1) is 10.1 Å². The Morgan fingerprint density at radius 3 is 2.38 bits per heavy atom. The van der Waals surface area contributed by atoms with E-state index in [9.17, 15) is 38.7 Å². The SMILES string of the molecule is O=C(CCC/C=C\C[C@@H]1[C@@H](/C=C/C(F)(F)COc2ccccc2)[C@H](O)C[C@@H]1O)O[C@@H]1CO[C@H]2[C@@H]1OC[C@H]2OC(=O)COCCO[N+](=O)[O-]. The fourth-order valence-electron chi connectivity index (χ4n) is 5.83. The molecular weight excluding hydrogens is 644 g/mol. The predicted molar refractivity (Wildman–Crippen MR) is 160 cm³/mol. The molecule has 2 N–H and O–H groups in total. The molecule has 0 spiro atoms. The minimum atomic E-state index is -3.27. The number of hydrogen-bond donors (Lipinski definition) is 2. The van der Waals surface area contributed by atoms with E-state index in [0.717, 1.165) is 6.08 Å². The number of hydrogen-bond acceptors (Lipinski definition) is 13. The molecule has 3 fully saturated rings. The lowest BCUT2D eigenvalue weighted by Gasteiger charge is -2.20. The summed E-state index contributed by atoms with van der Waals surface area (Å²) in [6.07, 6.45) is 2.76. The minimum absolute atomic E-state index is 0.0405. The summed E-state index contributed by atoms with van der Waals surface area (Å²) in [5.74, 6) is -5.21. The van der Waals surface area contributed by atoms with Crippen LogP contribution < -0.4 is 4.74 Å². The Morgan fingerprint density at radius 1 is 1.00 bits per heavy atom. The summed E-state index contributed by atoms with van der Waals surface area (Å²) >= 11 is 0. The number of nitrogens with zero attached hydrogens (tertiary/aromatic N) is 1. The Bertz CT molecular complexity index is 1250. The van der Waals surface area contributed by atoms with Gasteiger partial charge in [0.25, 0.3) is 11.0 Å². The number of fused-ring (bicyclic) bond motifs is 1. The molecule has 2 saturated heterocycles. The third kappa shape index (κ3) is 11.5. The second-order valence-electron chi connectivity index (χ2n) is 11.7. The van der Waals surface area contributed by atoms with Gasteiger partial charge in [-0.25, -0.2) is 4.79 Å². The van der Waals surface area contributed by atoms with Crippen molar-refractivity contribution in [3.8, 4) is 5.75 Å². The fourth-order valence-corrected chi connectivity index (χ4v) is 5.83. The van der Waals surface area contributed by atoms with Crippen LogP contribution in [0.1, 0.15) is 32.1 Å². The highest BCUT2D eigenvalue weighted by Gasteiger charge is 2.51. The molecule has 3 aliphatic rings. The average Bonchev–Trinajstić information content (AvgIpc) is 3.71. The van der Waals surface area contributed by atoms with Crippen molar-refractivity contribution in [2.75, 3.05) is 39.6 Å². The van der Waals surface area contributed by atoms with Crippen LogP contribution in [0, 0.1) is 22.0 Å². The van der Waals surface area contributed by atoms with Gasteiger partial charge in [-0.1, -0.05) is 36.4 Å². The van der Waals surface area contributed by atoms with Crippen LogP contribution in [0.3, 0.4) is 0 Å². The number of unbranched alkanes of at least 4 members (excludes halogenated alkanes) is 1. The fraction of sp³-hybridized carbons (Fsp3) is 0.625. The van der Waals surface area contributed by atoms with Crippen LogP contribution in [0.2, 0.25) is 0 Å². The van der Waals surface area contributed by atoms with Crippen LogP contribution in [0.5, 0.6) is 5.75 Å². The van der Waals surface area contributed by atoms with Gasteiger partial charge >= 0.3 is 11.9 Å². The summed E-state index contributed by atoms with van der Waals surface area (Å²) in [5.41, 5.74) is 0. The zero-order valence-electron chi connectivity index (χ0n) is 26.2. The molecule has 0 amide bonds. The van der Waals surface area contributed by atoms with Crippen LogP contribution in [0.15, 0.2) is 54.6 Å². The van der Waals surface area contributed by atoms with Crippen molar-refractivity contribution < 1.29 is 66.9 Å². The first-order valence-corrected chi connectivity index (χ1v) is 15.8. The molecule has 2 aliphatic heterocycles. The Morgan fingerprint density at radius 2 is 1.69 bits per heavy atom. The zero-order valence-corrected chi connectivity index (χ0v) is 26.2. The largest absolute Gasteiger partial charge is 0.487 e. The quantitative estimate of drug-likeness (QED) is 0.0713. The lowest BCUT2D eigenvalue weighted by atomic mass is 9.89. The topological polar surface area (TPSA) is 182 Å². The van der Waals surface area contributed by atoms with Crippen LogP contribution in [0.25, 0.3) is 0 Å². The van der Waals surface area contributed by atoms with Crippen LogP contribution in [-0.2, 0) is 38.1 Å². The van der Waals surface area contributed by atoms with E-state index in [1.54, 1.807) is 30.3 Å². The molecule has 0 radical (unpaired) electrons. The number of aliphatic hydroxyl groups is 2. The van der Waals surface area contributed by atoms with Crippen molar-refractivity contribution >= 4 is 11.9 Å². The normalized spacial score (nSPS) is 28.5. The Labute approximate surface area is 275 Å². The number of para-hydroxylation sites is 1. The number of rotatable bonds is 19. The highest BCUT2D eigenvalue weighted by Crippen LogP contribution is 2.37. The van der Waals surface area contributed by atoms with Crippen molar-refractivity contribution in [2.45, 2.75) is 74.7 Å². The number of halogens is 2. The Balaban J connectivity index is 1.12. The lowest BCUT2D eigenvalue weighted by molar-refractivity contribution is -0.758. The van der Waals surface area contributed by atoms with E-state index in [1.807, 2.05) is 12.2 Å². The summed E-state index contributed by atoms with van der Waals surface area (Å²) in [4.78, 5) is 38.6. The number of carbonyl (C=O) groups is 2. The lowest BCUT2D eigenvalue weighted by Crippen LogP contribution is -2.36. The summed E-state index contributed by atoms with van der Waals surface area (Å²) in [6, 6.07) is 8.27. The van der Waals surface area contributed by atoms with Crippen molar-refractivity contribution in [2.24, 2.45) is 11.8 Å². The van der Waals surface area contributed by atoms with Gasteiger partial charge in [0.2, 0.25) is 0 Å². The maximum atomic E-state index is 14.4. The first-order chi connectivity index (χ1) is 23.0. The number of allylic oxidation sites excluding steroid dienone is 2. The molecule has 4 rings (SSSR count). The second kappa shape index (κ2) is 18.2. The minimum Gasteiger partial charge on any atom is -0.487 e. The van der Waals surface area contributed by atoms with Crippen LogP contribution in [0.4, 0.5) is 8.78 Å². The number of benzene rings is 1. The van der Waals surface area contributed by atoms with E-state index in [1.165, 1.54) is 6.08 Å². The van der Waals surface area contributed by atoms with Gasteiger partial charge in [0.05, 0.1) is 32.0 Å². The number of ether oxygens (including phenoxy) is 6. The number of esters is 2. The Kier molecular flexibility index (Phi) is 14.1. The molecule has 8 atom stereocenters. The average molecular weight is 686 g/mol. The third-order valence-corrected chi connectivity index (χ3v) is 8.15. The zero-order chi connectivity index (χ0) is 34.5. The molecule has 0 aromatic heterocycles. The Hall–Kier alpha value is -3.70. The van der Waals surface area contributed by atoms with E-state index in [4.69, 9.17) is 28.4 Å². The third-order valence-electron chi connectivity index (χ3n) is 8.15. The van der Waals surface area contributed by atoms with Crippen molar-refractivity contribution in [3.63, 3.8) is 0 Å². The monoisotopic (exact) mass is 685 g/mol. The highest BCUT2D eigenvalue weighted by atomic mass is 19.3. The van der Waals surface area contributed by atoms with Crippen LogP contribution >= 0.6 is 0 Å². The molecule has 48 heavy (non-hydrogen) atoms. The number of carbonyl (C=O) groups excluding carboxylic acids is 2. The smallest absolute Gasteiger partial charge is 0.332 e. The van der Waals surface area contributed by atoms with E-state index in [-0.39, 0.29) is 39.3 Å². The second-order valence-corrected chi connectivity index (χ2v) is 11.7. The first kappa shape index (κ1) is 37.1. The maximum Gasteiger partial charge on any atom is 0.332 e. The summed E-state index contributed by atoms with van der Waals surface area (Å²) in [6.45, 7) is -1.67. The molecule has 1 aromatic rings. The van der Waals surface area contributed by atoms with Gasteiger partial charge in [0, 0.05) is 18.8 Å². The first-order valence-electron chi connectivity index (χ1n) is 15.8. The summed E-state index contributed by atoms with van der Waals surface area (Å²) in [7, 11) is 0. The molecule has 0 bridgehead atoms. The van der Waals surface area contributed by atoms with Gasteiger partial charge in [0.15, 0.2) is 18.8 Å². The molecule has 0 unspecified atom stereocenters.